The minimum atomic E-state index is 0.00694. The first-order valence-electron chi connectivity index (χ1n) is 11.7. The molecule has 32 heavy (non-hydrogen) atoms. The maximum absolute atomic E-state index is 11.9. The van der Waals surface area contributed by atoms with Crippen LogP contribution in [0.5, 0.6) is 5.75 Å². The Balaban J connectivity index is 1.07. The Morgan fingerprint density at radius 2 is 1.78 bits per heavy atom. The van der Waals surface area contributed by atoms with E-state index in [4.69, 9.17) is 4.74 Å². The van der Waals surface area contributed by atoms with Crippen molar-refractivity contribution < 1.29 is 9.53 Å². The number of carbonyl (C=O) groups is 1. The van der Waals surface area contributed by atoms with E-state index < -0.39 is 0 Å². The number of piperazine rings is 1. The molecular weight excluding hydrogens is 398 g/mol. The summed E-state index contributed by atoms with van der Waals surface area (Å²) in [7, 11) is 0. The summed E-state index contributed by atoms with van der Waals surface area (Å²) in [6, 6.07) is 19.2. The van der Waals surface area contributed by atoms with E-state index in [0.717, 1.165) is 68.0 Å². The van der Waals surface area contributed by atoms with Crippen LogP contribution in [-0.2, 0) is 6.54 Å². The molecule has 0 aromatic heterocycles. The fraction of sp³-hybridized carbons (Fsp3) is 0.370. The highest BCUT2D eigenvalue weighted by Gasteiger charge is 2.21. The number of nitrogens with zero attached hydrogens (tertiary/aromatic N) is 2. The molecule has 2 aliphatic rings. The molecule has 1 fully saturated rings. The van der Waals surface area contributed by atoms with E-state index in [9.17, 15) is 4.79 Å². The lowest BCUT2D eigenvalue weighted by atomic mass is 10.1. The van der Waals surface area contributed by atoms with Crippen LogP contribution < -0.4 is 15.0 Å². The van der Waals surface area contributed by atoms with Crippen molar-refractivity contribution in [1.82, 2.24) is 10.2 Å². The average molecular weight is 430 g/mol. The van der Waals surface area contributed by atoms with Gasteiger partial charge in [-0.25, -0.2) is 0 Å². The van der Waals surface area contributed by atoms with Crippen LogP contribution in [0.15, 0.2) is 54.6 Å². The first-order valence-corrected chi connectivity index (χ1v) is 11.7. The summed E-state index contributed by atoms with van der Waals surface area (Å²) < 4.78 is 6.01. The second-order valence-electron chi connectivity index (χ2n) is 8.84. The standard InChI is InChI=1S/C27H31N3O2/c1-20-17-22-19-28-27(31)24(22)18-26(20)32-16-5-4-11-29-12-14-30(15-13-29)25-10-6-8-21-7-2-3-9-23(21)25/h2-3,6-10,17-18H,4-5,11-16,19H2,1H3,(H,28,31). The quantitative estimate of drug-likeness (QED) is 0.567. The van der Waals surface area contributed by atoms with Crippen molar-refractivity contribution in [3.8, 4) is 5.75 Å². The number of hydrogen-bond acceptors (Lipinski definition) is 4. The van der Waals surface area contributed by atoms with Crippen molar-refractivity contribution in [3.63, 3.8) is 0 Å². The number of anilines is 1. The third-order valence-electron chi connectivity index (χ3n) is 6.69. The number of unbranched alkanes of at least 4 members (excludes halogenated alkanes) is 1. The van der Waals surface area contributed by atoms with E-state index in [1.165, 1.54) is 16.5 Å². The molecule has 0 unspecified atom stereocenters. The van der Waals surface area contributed by atoms with Crippen LogP contribution in [-0.4, -0.2) is 50.1 Å². The highest BCUT2D eigenvalue weighted by atomic mass is 16.5. The van der Waals surface area contributed by atoms with Crippen molar-refractivity contribution in [2.75, 3.05) is 44.2 Å². The predicted molar refractivity (Wildman–Crippen MR) is 130 cm³/mol. The van der Waals surface area contributed by atoms with Gasteiger partial charge >= 0.3 is 0 Å². The van der Waals surface area contributed by atoms with Gasteiger partial charge in [-0.1, -0.05) is 36.4 Å². The summed E-state index contributed by atoms with van der Waals surface area (Å²) in [5.41, 5.74) is 4.29. The molecule has 3 aromatic rings. The summed E-state index contributed by atoms with van der Waals surface area (Å²) in [4.78, 5) is 17.0. The van der Waals surface area contributed by atoms with Gasteiger partial charge in [-0.15, -0.1) is 0 Å². The van der Waals surface area contributed by atoms with Crippen LogP contribution in [0.4, 0.5) is 5.69 Å². The van der Waals surface area contributed by atoms with Gasteiger partial charge in [0.05, 0.1) is 6.61 Å². The highest BCUT2D eigenvalue weighted by molar-refractivity contribution is 5.98. The number of ether oxygens (including phenoxy) is 1. The largest absolute Gasteiger partial charge is 0.493 e. The van der Waals surface area contributed by atoms with Crippen molar-refractivity contribution in [2.45, 2.75) is 26.3 Å². The SMILES string of the molecule is Cc1cc2c(cc1OCCCCN1CCN(c3cccc4ccccc34)CC1)C(=O)NC2. The molecule has 5 nitrogen and oxygen atoms in total. The van der Waals surface area contributed by atoms with Crippen LogP contribution in [0.2, 0.25) is 0 Å². The van der Waals surface area contributed by atoms with Gasteiger partial charge in [0.1, 0.15) is 5.75 Å². The molecule has 166 valence electrons. The Hall–Kier alpha value is -3.05. The van der Waals surface area contributed by atoms with Gasteiger partial charge in [0.25, 0.3) is 5.91 Å². The van der Waals surface area contributed by atoms with E-state index in [1.54, 1.807) is 0 Å². The summed E-state index contributed by atoms with van der Waals surface area (Å²) >= 11 is 0. The number of hydrogen-bond donors (Lipinski definition) is 1. The smallest absolute Gasteiger partial charge is 0.252 e. The molecule has 2 heterocycles. The molecule has 1 saturated heterocycles. The van der Waals surface area contributed by atoms with Crippen LogP contribution in [0.3, 0.4) is 0 Å². The van der Waals surface area contributed by atoms with Gasteiger partial charge in [-0.3, -0.25) is 9.69 Å². The normalized spacial score (nSPS) is 16.3. The molecule has 2 aliphatic heterocycles. The van der Waals surface area contributed by atoms with Gasteiger partial charge < -0.3 is 15.0 Å². The molecule has 0 aliphatic carbocycles. The van der Waals surface area contributed by atoms with Gasteiger partial charge in [0.15, 0.2) is 0 Å². The molecule has 5 rings (SSSR count). The number of amides is 1. The number of fused-ring (bicyclic) bond motifs is 2. The van der Waals surface area contributed by atoms with Crippen LogP contribution in [0.25, 0.3) is 10.8 Å². The van der Waals surface area contributed by atoms with Gasteiger partial charge in [-0.2, -0.15) is 0 Å². The third-order valence-corrected chi connectivity index (χ3v) is 6.69. The van der Waals surface area contributed by atoms with E-state index in [1.807, 2.05) is 13.0 Å². The number of benzene rings is 3. The average Bonchev–Trinajstić information content (AvgIpc) is 3.18. The molecule has 0 radical (unpaired) electrons. The fourth-order valence-corrected chi connectivity index (χ4v) is 4.85. The zero-order chi connectivity index (χ0) is 21.9. The third kappa shape index (κ3) is 4.30. The first kappa shape index (κ1) is 20.8. The van der Waals surface area contributed by atoms with Crippen LogP contribution in [0, 0.1) is 6.92 Å². The van der Waals surface area contributed by atoms with Gasteiger partial charge in [0.2, 0.25) is 0 Å². The monoisotopic (exact) mass is 429 g/mol. The second kappa shape index (κ2) is 9.21. The molecule has 0 bridgehead atoms. The van der Waals surface area contributed by atoms with E-state index >= 15 is 0 Å². The maximum Gasteiger partial charge on any atom is 0.252 e. The Morgan fingerprint density at radius 3 is 2.66 bits per heavy atom. The lowest BCUT2D eigenvalue weighted by Gasteiger charge is -2.36. The molecule has 0 saturated carbocycles. The molecule has 3 aromatic carbocycles. The molecule has 0 atom stereocenters. The zero-order valence-electron chi connectivity index (χ0n) is 18.8. The van der Waals surface area contributed by atoms with Crippen LogP contribution in [0.1, 0.15) is 34.3 Å². The molecule has 5 heteroatoms. The Labute approximate surface area is 190 Å². The van der Waals surface area contributed by atoms with Crippen LogP contribution >= 0.6 is 0 Å². The van der Waals surface area contributed by atoms with Crippen molar-refractivity contribution in [3.05, 3.63) is 71.3 Å². The number of carbonyl (C=O) groups excluding carboxylic acids is 1. The molecule has 1 amide bonds. The fourth-order valence-electron chi connectivity index (χ4n) is 4.85. The molecular formula is C27H31N3O2. The second-order valence-corrected chi connectivity index (χ2v) is 8.84. The summed E-state index contributed by atoms with van der Waals surface area (Å²) in [5, 5.41) is 5.53. The van der Waals surface area contributed by atoms with E-state index in [2.05, 4.69) is 63.6 Å². The summed E-state index contributed by atoms with van der Waals surface area (Å²) in [6.07, 6.45) is 2.14. The summed E-state index contributed by atoms with van der Waals surface area (Å²) in [5.74, 6) is 0.844. The number of aryl methyl sites for hydroxylation is 1. The maximum atomic E-state index is 11.9. The minimum Gasteiger partial charge on any atom is -0.493 e. The minimum absolute atomic E-state index is 0.00694. The summed E-state index contributed by atoms with van der Waals surface area (Å²) in [6.45, 7) is 8.82. The van der Waals surface area contributed by atoms with E-state index in [-0.39, 0.29) is 5.91 Å². The van der Waals surface area contributed by atoms with E-state index in [0.29, 0.717) is 13.2 Å². The lowest BCUT2D eigenvalue weighted by molar-refractivity contribution is 0.0965. The Kier molecular flexibility index (Phi) is 5.99. The first-order chi connectivity index (χ1) is 15.7. The molecule has 0 spiro atoms. The van der Waals surface area contributed by atoms with Crippen molar-refractivity contribution in [2.24, 2.45) is 0 Å². The zero-order valence-corrected chi connectivity index (χ0v) is 18.8. The Bertz CT molecular complexity index is 1110. The van der Waals surface area contributed by atoms with Gasteiger partial charge in [-0.05, 0) is 61.0 Å². The predicted octanol–water partition coefficient (Wildman–Crippen LogP) is 4.37. The number of rotatable bonds is 7. The molecule has 1 N–H and O–H groups in total. The number of nitrogens with one attached hydrogen (secondary N) is 1. The lowest BCUT2D eigenvalue weighted by Crippen LogP contribution is -2.46. The highest BCUT2D eigenvalue weighted by Crippen LogP contribution is 2.28. The van der Waals surface area contributed by atoms with Crippen molar-refractivity contribution >= 4 is 22.4 Å². The van der Waals surface area contributed by atoms with Crippen molar-refractivity contribution in [1.29, 1.82) is 0 Å². The topological polar surface area (TPSA) is 44.8 Å². The van der Waals surface area contributed by atoms with Gasteiger partial charge in [0, 0.05) is 49.4 Å². The Morgan fingerprint density at radius 1 is 0.969 bits per heavy atom.